The summed E-state index contributed by atoms with van der Waals surface area (Å²) in [6.07, 6.45) is 2.93. The Kier molecular flexibility index (Phi) is 6.23. The number of anilines is 1. The fraction of sp³-hybridized carbons (Fsp3) is 0.429. The van der Waals surface area contributed by atoms with Gasteiger partial charge in [0.2, 0.25) is 11.8 Å². The van der Waals surface area contributed by atoms with Gasteiger partial charge in [-0.25, -0.2) is 4.98 Å². The van der Waals surface area contributed by atoms with Crippen molar-refractivity contribution in [2.45, 2.75) is 37.5 Å². The maximum atomic E-state index is 13.1. The topological polar surface area (TPSA) is 90.8 Å². The lowest BCUT2D eigenvalue weighted by Gasteiger charge is -2.26. The van der Waals surface area contributed by atoms with Crippen LogP contribution in [-0.2, 0) is 26.2 Å². The summed E-state index contributed by atoms with van der Waals surface area (Å²) in [4.78, 5) is 44.2. The number of nitrogens with zero attached hydrogens (tertiary/aromatic N) is 3. The summed E-state index contributed by atoms with van der Waals surface area (Å²) in [6.45, 7) is 1.53. The maximum Gasteiger partial charge on any atom is 0.303 e. The van der Waals surface area contributed by atoms with Crippen molar-refractivity contribution in [2.24, 2.45) is 0 Å². The predicted octanol–water partition coefficient (Wildman–Crippen LogP) is 3.76. The largest absolute Gasteiger partial charge is 0.481 e. The van der Waals surface area contributed by atoms with Gasteiger partial charge >= 0.3 is 5.97 Å². The fourth-order valence-corrected chi connectivity index (χ4v) is 5.56. The lowest BCUT2D eigenvalue weighted by Crippen LogP contribution is -2.40. The van der Waals surface area contributed by atoms with Crippen LogP contribution in [0.15, 0.2) is 24.4 Å². The molecule has 7 nitrogen and oxygen atoms in total. The monoisotopic (exact) mass is 481 g/mol. The van der Waals surface area contributed by atoms with Gasteiger partial charge in [0.15, 0.2) is 0 Å². The highest BCUT2D eigenvalue weighted by atomic mass is 35.5. The third-order valence-electron chi connectivity index (χ3n) is 5.90. The molecule has 0 bridgehead atoms. The van der Waals surface area contributed by atoms with Crippen molar-refractivity contribution in [1.29, 1.82) is 0 Å². The predicted molar refractivity (Wildman–Crippen MR) is 119 cm³/mol. The van der Waals surface area contributed by atoms with Crippen LogP contribution in [-0.4, -0.2) is 52.4 Å². The quantitative estimate of drug-likeness (QED) is 0.677. The number of carbonyl (C=O) groups is 3. The first-order chi connectivity index (χ1) is 14.8. The van der Waals surface area contributed by atoms with Gasteiger partial charge in [0.1, 0.15) is 9.34 Å². The number of hydrogen-bond donors (Lipinski definition) is 1. The van der Waals surface area contributed by atoms with E-state index in [2.05, 4.69) is 4.98 Å². The Balaban J connectivity index is 1.53. The molecule has 4 rings (SSSR count). The molecule has 1 saturated heterocycles. The molecule has 2 amide bonds. The molecule has 1 atom stereocenters. The maximum absolute atomic E-state index is 13.1. The molecule has 1 N–H and O–H groups in total. The van der Waals surface area contributed by atoms with Gasteiger partial charge in [-0.1, -0.05) is 23.2 Å². The summed E-state index contributed by atoms with van der Waals surface area (Å²) in [6, 6.07) is 5.52. The lowest BCUT2D eigenvalue weighted by atomic mass is 9.81. The van der Waals surface area contributed by atoms with Crippen LogP contribution in [0.1, 0.15) is 36.3 Å². The Labute approximate surface area is 193 Å². The average molecular weight is 482 g/mol. The van der Waals surface area contributed by atoms with E-state index < -0.39 is 5.97 Å². The van der Waals surface area contributed by atoms with Crippen molar-refractivity contribution in [2.75, 3.05) is 24.5 Å². The number of amides is 2. The van der Waals surface area contributed by atoms with E-state index in [1.807, 2.05) is 12.1 Å². The number of fused-ring (bicyclic) bond motifs is 2. The van der Waals surface area contributed by atoms with E-state index in [1.165, 1.54) is 11.3 Å². The van der Waals surface area contributed by atoms with Crippen LogP contribution < -0.4 is 4.90 Å². The first-order valence-corrected chi connectivity index (χ1v) is 11.5. The number of likely N-dealkylation sites (tertiary alicyclic amines) is 1. The van der Waals surface area contributed by atoms with E-state index >= 15 is 0 Å². The zero-order chi connectivity index (χ0) is 22.2. The van der Waals surface area contributed by atoms with Gasteiger partial charge in [0.05, 0.1) is 12.6 Å². The molecule has 0 radical (unpaired) electrons. The van der Waals surface area contributed by atoms with Crippen LogP contribution in [0.3, 0.4) is 0 Å². The summed E-state index contributed by atoms with van der Waals surface area (Å²) in [5.74, 6) is -1.03. The van der Waals surface area contributed by atoms with Gasteiger partial charge in [-0.3, -0.25) is 14.4 Å². The number of aliphatic carboxylic acids is 1. The first-order valence-electron chi connectivity index (χ1n) is 9.98. The first kappa shape index (κ1) is 22.0. The number of thiazole rings is 1. The van der Waals surface area contributed by atoms with Crippen LogP contribution in [0.5, 0.6) is 0 Å². The highest BCUT2D eigenvalue weighted by Crippen LogP contribution is 2.47. The fourth-order valence-electron chi connectivity index (χ4n) is 4.44. The van der Waals surface area contributed by atoms with Gasteiger partial charge in [0, 0.05) is 48.6 Å². The molecule has 2 aliphatic heterocycles. The third-order valence-corrected chi connectivity index (χ3v) is 7.25. The molecular formula is C21H21Cl2N3O4S. The molecule has 0 aliphatic carbocycles. The van der Waals surface area contributed by atoms with Crippen molar-refractivity contribution in [1.82, 2.24) is 9.88 Å². The van der Waals surface area contributed by atoms with Crippen molar-refractivity contribution >= 4 is 58.0 Å². The Morgan fingerprint density at radius 1 is 1.16 bits per heavy atom. The van der Waals surface area contributed by atoms with Crippen LogP contribution in [0.25, 0.3) is 0 Å². The lowest BCUT2D eigenvalue weighted by molar-refractivity contribution is -0.137. The molecule has 2 aliphatic rings. The average Bonchev–Trinajstić information content (AvgIpc) is 3.40. The minimum Gasteiger partial charge on any atom is -0.481 e. The second-order valence-corrected chi connectivity index (χ2v) is 10.2. The summed E-state index contributed by atoms with van der Waals surface area (Å²) >= 11 is 13.5. The van der Waals surface area contributed by atoms with Crippen molar-refractivity contribution in [3.63, 3.8) is 0 Å². The van der Waals surface area contributed by atoms with Crippen LogP contribution in [0.4, 0.5) is 5.69 Å². The zero-order valence-electron chi connectivity index (χ0n) is 16.6. The summed E-state index contributed by atoms with van der Waals surface area (Å²) in [5, 5.41) is 10.0. The summed E-state index contributed by atoms with van der Waals surface area (Å²) in [7, 11) is 0. The number of halogens is 2. The van der Waals surface area contributed by atoms with Crippen LogP contribution >= 0.6 is 34.5 Å². The minimum absolute atomic E-state index is 0.0216. The second-order valence-electron chi connectivity index (χ2n) is 7.97. The Morgan fingerprint density at radius 3 is 2.68 bits per heavy atom. The highest BCUT2D eigenvalue weighted by molar-refractivity contribution is 7.15. The van der Waals surface area contributed by atoms with Crippen LogP contribution in [0.2, 0.25) is 9.36 Å². The molecule has 164 valence electrons. The standard InChI is InChI=1S/C21H21Cl2N3O4S/c22-13-4-5-15-14(8-13)21(6-7-25(11-21)18(27)2-1-3-20(29)30)12-26(15)19(28)9-17-24-10-16(23)31-17/h4-5,8,10H,1-3,6-7,9,11-12H2,(H,29,30). The number of carboxylic acids is 1. The second kappa shape index (κ2) is 8.76. The minimum atomic E-state index is -0.902. The number of benzene rings is 1. The SMILES string of the molecule is O=C(O)CCCC(=O)N1CCC2(C1)CN(C(=O)Cc1ncc(Cl)s1)c1ccc(Cl)cc12. The Bertz CT molecular complexity index is 1040. The molecule has 1 spiro atoms. The van der Waals surface area contributed by atoms with Gasteiger partial charge in [-0.15, -0.1) is 11.3 Å². The molecule has 1 fully saturated rings. The van der Waals surface area contributed by atoms with Crippen molar-refractivity contribution < 1.29 is 19.5 Å². The van der Waals surface area contributed by atoms with E-state index in [0.29, 0.717) is 40.4 Å². The van der Waals surface area contributed by atoms with Crippen molar-refractivity contribution in [3.05, 3.63) is 44.3 Å². The Hall–Kier alpha value is -2.16. The molecule has 2 aromatic rings. The smallest absolute Gasteiger partial charge is 0.303 e. The number of carboxylic acid groups (broad SMARTS) is 1. The number of hydrogen-bond acceptors (Lipinski definition) is 5. The highest BCUT2D eigenvalue weighted by Gasteiger charge is 2.49. The molecule has 3 heterocycles. The number of carbonyl (C=O) groups excluding carboxylic acids is 2. The van der Waals surface area contributed by atoms with Gasteiger partial charge in [-0.2, -0.15) is 0 Å². The molecule has 1 aromatic carbocycles. The molecular weight excluding hydrogens is 461 g/mol. The number of rotatable bonds is 6. The Morgan fingerprint density at radius 2 is 1.97 bits per heavy atom. The molecule has 10 heteroatoms. The van der Waals surface area contributed by atoms with E-state index in [0.717, 1.165) is 17.7 Å². The van der Waals surface area contributed by atoms with Gasteiger partial charge in [0.25, 0.3) is 0 Å². The van der Waals surface area contributed by atoms with Crippen molar-refractivity contribution in [3.8, 4) is 0 Å². The van der Waals surface area contributed by atoms with Crippen LogP contribution in [0, 0.1) is 0 Å². The molecule has 1 unspecified atom stereocenters. The summed E-state index contributed by atoms with van der Waals surface area (Å²) < 4.78 is 0.542. The van der Waals surface area contributed by atoms with E-state index in [9.17, 15) is 14.4 Å². The molecule has 0 saturated carbocycles. The molecule has 31 heavy (non-hydrogen) atoms. The van der Waals surface area contributed by atoms with E-state index in [-0.39, 0.29) is 36.5 Å². The van der Waals surface area contributed by atoms with E-state index in [4.69, 9.17) is 28.3 Å². The number of aromatic nitrogens is 1. The normalized spacial score (nSPS) is 19.8. The third kappa shape index (κ3) is 4.56. The molecule has 1 aromatic heterocycles. The van der Waals surface area contributed by atoms with Gasteiger partial charge in [-0.05, 0) is 36.6 Å². The summed E-state index contributed by atoms with van der Waals surface area (Å²) in [5.41, 5.74) is 1.42. The zero-order valence-corrected chi connectivity index (χ0v) is 19.0. The van der Waals surface area contributed by atoms with E-state index in [1.54, 1.807) is 22.1 Å². The van der Waals surface area contributed by atoms with Gasteiger partial charge < -0.3 is 14.9 Å².